The Labute approximate surface area is 124 Å². The summed E-state index contributed by atoms with van der Waals surface area (Å²) in [4.78, 5) is 11.8. The van der Waals surface area contributed by atoms with Crippen LogP contribution in [0.15, 0.2) is 30.6 Å². The summed E-state index contributed by atoms with van der Waals surface area (Å²) in [5, 5.41) is 27.4. The number of carbonyl (C=O) groups is 1. The van der Waals surface area contributed by atoms with Gasteiger partial charge in [0, 0.05) is 18.5 Å². The highest BCUT2D eigenvalue weighted by molar-refractivity contribution is 5.75. The molecule has 0 fully saturated rings. The number of rotatable bonds is 6. The second kappa shape index (κ2) is 6.52. The van der Waals surface area contributed by atoms with E-state index < -0.39 is 0 Å². The zero-order valence-corrected chi connectivity index (χ0v) is 11.5. The first-order valence-electron chi connectivity index (χ1n) is 6.61. The first-order valence-corrected chi connectivity index (χ1v) is 6.61. The van der Waals surface area contributed by atoms with Crippen LogP contribution in [0.1, 0.15) is 12.0 Å². The molecule has 2 heterocycles. The third-order valence-corrected chi connectivity index (χ3v) is 2.98. The largest absolute Gasteiger partial charge is 0.352 e. The molecule has 0 saturated heterocycles. The van der Waals surface area contributed by atoms with E-state index in [1.807, 2.05) is 24.3 Å². The van der Waals surface area contributed by atoms with Gasteiger partial charge in [0.2, 0.25) is 11.7 Å². The molecule has 112 valence electrons. The van der Waals surface area contributed by atoms with Gasteiger partial charge in [-0.05, 0) is 27.3 Å². The molecule has 2 N–H and O–H groups in total. The Bertz CT molecular complexity index is 723. The van der Waals surface area contributed by atoms with Crippen molar-refractivity contribution in [1.82, 2.24) is 46.1 Å². The van der Waals surface area contributed by atoms with E-state index in [2.05, 4.69) is 41.5 Å². The highest BCUT2D eigenvalue weighted by atomic mass is 16.1. The van der Waals surface area contributed by atoms with Crippen molar-refractivity contribution in [2.75, 3.05) is 0 Å². The van der Waals surface area contributed by atoms with Gasteiger partial charge in [0.25, 0.3) is 0 Å². The predicted octanol–water partition coefficient (Wildman–Crippen LogP) is -0.440. The maximum Gasteiger partial charge on any atom is 0.222 e. The van der Waals surface area contributed by atoms with Crippen molar-refractivity contribution in [3.63, 3.8) is 0 Å². The zero-order valence-electron chi connectivity index (χ0n) is 11.5. The van der Waals surface area contributed by atoms with Crippen LogP contribution in [0.25, 0.3) is 11.4 Å². The van der Waals surface area contributed by atoms with E-state index in [0.29, 0.717) is 25.3 Å². The first-order chi connectivity index (χ1) is 10.8. The molecule has 0 aliphatic carbocycles. The quantitative estimate of drug-likeness (QED) is 0.631. The van der Waals surface area contributed by atoms with E-state index in [1.54, 1.807) is 0 Å². The number of aryl methyl sites for hydroxylation is 1. The first kappa shape index (κ1) is 13.8. The van der Waals surface area contributed by atoms with Gasteiger partial charge in [-0.3, -0.25) is 4.79 Å². The van der Waals surface area contributed by atoms with E-state index in [9.17, 15) is 4.79 Å². The SMILES string of the molecule is O=C(CCn1cnnn1)NCc1cccc(-c2nn[nH]n2)c1. The zero-order chi connectivity index (χ0) is 15.2. The fraction of sp³-hybridized carbons (Fsp3) is 0.250. The van der Waals surface area contributed by atoms with E-state index in [0.717, 1.165) is 11.1 Å². The average molecular weight is 299 g/mol. The molecule has 0 aliphatic heterocycles. The number of carbonyl (C=O) groups excluding carboxylic acids is 1. The van der Waals surface area contributed by atoms with Crippen LogP contribution in [0, 0.1) is 0 Å². The maximum absolute atomic E-state index is 11.8. The minimum atomic E-state index is -0.0690. The third kappa shape index (κ3) is 3.48. The normalized spacial score (nSPS) is 10.5. The van der Waals surface area contributed by atoms with E-state index in [1.165, 1.54) is 11.0 Å². The van der Waals surface area contributed by atoms with E-state index >= 15 is 0 Å². The summed E-state index contributed by atoms with van der Waals surface area (Å²) in [7, 11) is 0. The lowest BCUT2D eigenvalue weighted by molar-refractivity contribution is -0.121. The fourth-order valence-electron chi connectivity index (χ4n) is 1.89. The van der Waals surface area contributed by atoms with Crippen molar-refractivity contribution in [2.24, 2.45) is 0 Å². The third-order valence-electron chi connectivity index (χ3n) is 2.98. The van der Waals surface area contributed by atoms with Crippen molar-refractivity contribution in [3.8, 4) is 11.4 Å². The highest BCUT2D eigenvalue weighted by Crippen LogP contribution is 2.14. The summed E-state index contributed by atoms with van der Waals surface area (Å²) in [6.07, 6.45) is 1.79. The number of aromatic nitrogens is 8. The number of nitrogens with zero attached hydrogens (tertiary/aromatic N) is 7. The van der Waals surface area contributed by atoms with Gasteiger partial charge in [0.05, 0.1) is 6.54 Å². The number of hydrogen-bond donors (Lipinski definition) is 2. The molecule has 2 aromatic heterocycles. The number of benzene rings is 1. The molecular formula is C12H13N9O. The predicted molar refractivity (Wildman–Crippen MR) is 73.9 cm³/mol. The molecule has 0 spiro atoms. The summed E-state index contributed by atoms with van der Waals surface area (Å²) >= 11 is 0. The van der Waals surface area contributed by atoms with Gasteiger partial charge in [-0.25, -0.2) is 4.68 Å². The molecule has 10 nitrogen and oxygen atoms in total. The van der Waals surface area contributed by atoms with Crippen LogP contribution in [0.4, 0.5) is 0 Å². The van der Waals surface area contributed by atoms with Crippen LogP contribution >= 0.6 is 0 Å². The Kier molecular flexibility index (Phi) is 4.09. The molecule has 0 radical (unpaired) electrons. The van der Waals surface area contributed by atoms with Crippen LogP contribution in [-0.2, 0) is 17.9 Å². The molecule has 10 heteroatoms. The standard InChI is InChI=1S/C12H13N9O/c22-11(4-5-21-8-14-17-20-21)13-7-9-2-1-3-10(6-9)12-15-18-19-16-12/h1-3,6,8H,4-5,7H2,(H,13,22)(H,15,16,18,19). The monoisotopic (exact) mass is 299 g/mol. The van der Waals surface area contributed by atoms with E-state index in [4.69, 9.17) is 0 Å². The van der Waals surface area contributed by atoms with Gasteiger partial charge in [0.1, 0.15) is 6.33 Å². The fourth-order valence-corrected chi connectivity index (χ4v) is 1.89. The van der Waals surface area contributed by atoms with Gasteiger partial charge in [-0.15, -0.1) is 15.3 Å². The number of tetrazole rings is 2. The Morgan fingerprint density at radius 3 is 3.09 bits per heavy atom. The lowest BCUT2D eigenvalue weighted by Gasteiger charge is -2.06. The summed E-state index contributed by atoms with van der Waals surface area (Å²) < 4.78 is 1.51. The maximum atomic E-state index is 11.8. The Morgan fingerprint density at radius 2 is 2.32 bits per heavy atom. The Morgan fingerprint density at radius 1 is 1.36 bits per heavy atom. The van der Waals surface area contributed by atoms with Crippen molar-refractivity contribution in [2.45, 2.75) is 19.5 Å². The molecule has 3 rings (SSSR count). The molecule has 0 bridgehead atoms. The summed E-state index contributed by atoms with van der Waals surface area (Å²) in [6.45, 7) is 0.877. The van der Waals surface area contributed by atoms with Crippen LogP contribution in [0.3, 0.4) is 0 Å². The molecule has 0 atom stereocenters. The minimum absolute atomic E-state index is 0.0690. The lowest BCUT2D eigenvalue weighted by atomic mass is 10.1. The molecular weight excluding hydrogens is 286 g/mol. The van der Waals surface area contributed by atoms with Crippen LogP contribution in [0.2, 0.25) is 0 Å². The molecule has 0 unspecified atom stereocenters. The average Bonchev–Trinajstić information content (AvgIpc) is 3.24. The number of H-pyrrole nitrogens is 1. The molecule has 1 aromatic carbocycles. The lowest BCUT2D eigenvalue weighted by Crippen LogP contribution is -2.24. The number of hydrogen-bond acceptors (Lipinski definition) is 7. The van der Waals surface area contributed by atoms with E-state index in [-0.39, 0.29) is 5.91 Å². The minimum Gasteiger partial charge on any atom is -0.352 e. The smallest absolute Gasteiger partial charge is 0.222 e. The molecule has 22 heavy (non-hydrogen) atoms. The van der Waals surface area contributed by atoms with Gasteiger partial charge in [-0.1, -0.05) is 18.2 Å². The van der Waals surface area contributed by atoms with Gasteiger partial charge >= 0.3 is 0 Å². The van der Waals surface area contributed by atoms with Crippen molar-refractivity contribution in [3.05, 3.63) is 36.2 Å². The number of nitrogens with one attached hydrogen (secondary N) is 2. The Balaban J connectivity index is 1.53. The van der Waals surface area contributed by atoms with Crippen LogP contribution in [0.5, 0.6) is 0 Å². The van der Waals surface area contributed by atoms with Crippen molar-refractivity contribution < 1.29 is 4.79 Å². The summed E-state index contributed by atoms with van der Waals surface area (Å²) in [6, 6.07) is 7.60. The van der Waals surface area contributed by atoms with Crippen molar-refractivity contribution >= 4 is 5.91 Å². The molecule has 3 aromatic rings. The van der Waals surface area contributed by atoms with Gasteiger partial charge < -0.3 is 5.32 Å². The summed E-state index contributed by atoms with van der Waals surface area (Å²) in [5.41, 5.74) is 1.80. The summed E-state index contributed by atoms with van der Waals surface area (Å²) in [5.74, 6) is 0.451. The Hall–Kier alpha value is -3.17. The molecule has 0 aliphatic rings. The molecule has 1 amide bonds. The number of amides is 1. The van der Waals surface area contributed by atoms with Crippen LogP contribution < -0.4 is 5.32 Å². The highest BCUT2D eigenvalue weighted by Gasteiger charge is 2.06. The topological polar surface area (TPSA) is 127 Å². The second-order valence-corrected chi connectivity index (χ2v) is 4.54. The van der Waals surface area contributed by atoms with Gasteiger partial charge in [-0.2, -0.15) is 5.21 Å². The number of aromatic amines is 1. The van der Waals surface area contributed by atoms with Gasteiger partial charge in [0.15, 0.2) is 0 Å². The van der Waals surface area contributed by atoms with Crippen LogP contribution in [-0.4, -0.2) is 46.7 Å². The van der Waals surface area contributed by atoms with Crippen molar-refractivity contribution in [1.29, 1.82) is 0 Å². The second-order valence-electron chi connectivity index (χ2n) is 4.54. The molecule has 0 saturated carbocycles.